The molecule has 1 aliphatic carbocycles. The topological polar surface area (TPSA) is 20.2 Å². The van der Waals surface area contributed by atoms with E-state index in [9.17, 15) is 0 Å². The van der Waals surface area contributed by atoms with Gasteiger partial charge in [-0.25, -0.2) is 0 Å². The van der Waals surface area contributed by atoms with Gasteiger partial charge in [0.15, 0.2) is 0 Å². The molecule has 1 nitrogen and oxygen atoms in total. The summed E-state index contributed by atoms with van der Waals surface area (Å²) in [6, 6.07) is 0. The number of aliphatic hydroxyl groups excluding tert-OH is 1. The fourth-order valence-corrected chi connectivity index (χ4v) is 0.615. The molecular weight excluding hydrogens is 86.9 g/mol. The quantitative estimate of drug-likeness (QED) is 0.456. The van der Waals surface area contributed by atoms with Crippen molar-refractivity contribution in [2.45, 2.75) is 31.2 Å². The molecule has 0 aromatic heterocycles. The third-order valence-corrected chi connectivity index (χ3v) is 2.05. The van der Waals surface area contributed by atoms with Crippen LogP contribution in [0, 0.1) is 0 Å². The molecule has 1 aliphatic rings. The lowest BCUT2D eigenvalue weighted by Crippen LogP contribution is -2.10. The first-order valence-electron chi connectivity index (χ1n) is 2.83. The van der Waals surface area contributed by atoms with Crippen LogP contribution in [-0.2, 0) is 0 Å². The minimum absolute atomic E-state index is 0.0903. The van der Waals surface area contributed by atoms with E-state index in [2.05, 4.69) is 7.85 Å². The summed E-state index contributed by atoms with van der Waals surface area (Å²) in [6.45, 7) is 1.87. The normalized spacial score (nSPS) is 29.4. The average Bonchev–Trinajstić information content (AvgIpc) is 2.21. The predicted molar refractivity (Wildman–Crippen MR) is 32.2 cm³/mol. The summed E-state index contributed by atoms with van der Waals surface area (Å²) in [5.41, 5.74) is 0. The number of hydrogen-bond acceptors (Lipinski definition) is 1. The molecular formula is C5H11BO. The molecule has 0 aliphatic heterocycles. The molecule has 0 radical (unpaired) electrons. The number of rotatable bonds is 1. The van der Waals surface area contributed by atoms with Crippen molar-refractivity contribution >= 4 is 7.85 Å². The van der Waals surface area contributed by atoms with Gasteiger partial charge in [0.2, 0.25) is 0 Å². The lowest BCUT2D eigenvalue weighted by molar-refractivity contribution is 0.178. The van der Waals surface area contributed by atoms with E-state index in [4.69, 9.17) is 5.11 Å². The SMILES string of the molecule is BC1(C(C)O)CC1. The Bertz CT molecular complexity index is 76.1. The van der Waals surface area contributed by atoms with E-state index >= 15 is 0 Å². The van der Waals surface area contributed by atoms with Crippen LogP contribution in [0.25, 0.3) is 0 Å². The summed E-state index contributed by atoms with van der Waals surface area (Å²) >= 11 is 0. The lowest BCUT2D eigenvalue weighted by Gasteiger charge is -2.09. The van der Waals surface area contributed by atoms with Crippen LogP contribution in [0.3, 0.4) is 0 Å². The second-order valence-corrected chi connectivity index (χ2v) is 2.83. The van der Waals surface area contributed by atoms with Crippen molar-refractivity contribution in [3.63, 3.8) is 0 Å². The van der Waals surface area contributed by atoms with Crippen LogP contribution < -0.4 is 0 Å². The molecule has 1 unspecified atom stereocenters. The van der Waals surface area contributed by atoms with Crippen molar-refractivity contribution in [3.8, 4) is 0 Å². The molecule has 0 spiro atoms. The highest BCUT2D eigenvalue weighted by Crippen LogP contribution is 2.52. The Balaban J connectivity index is 2.39. The van der Waals surface area contributed by atoms with Gasteiger partial charge in [0.05, 0.1) is 0 Å². The Kier molecular flexibility index (Phi) is 0.924. The summed E-state index contributed by atoms with van der Waals surface area (Å²) in [5, 5.41) is 9.26. The Morgan fingerprint density at radius 1 is 1.71 bits per heavy atom. The zero-order chi connectivity index (χ0) is 5.49. The van der Waals surface area contributed by atoms with Crippen LogP contribution >= 0.6 is 0 Å². The molecule has 1 N–H and O–H groups in total. The summed E-state index contributed by atoms with van der Waals surface area (Å²) in [6.07, 6.45) is 2.34. The van der Waals surface area contributed by atoms with Crippen LogP contribution in [0.1, 0.15) is 19.8 Å². The van der Waals surface area contributed by atoms with Gasteiger partial charge in [-0.3, -0.25) is 0 Å². The van der Waals surface area contributed by atoms with E-state index in [1.54, 1.807) is 0 Å². The van der Waals surface area contributed by atoms with Crippen LogP contribution in [0.4, 0.5) is 0 Å². The zero-order valence-electron chi connectivity index (χ0n) is 4.94. The van der Waals surface area contributed by atoms with Gasteiger partial charge in [0, 0.05) is 6.10 Å². The molecule has 0 aromatic rings. The summed E-state index contributed by atoms with van der Waals surface area (Å²) in [4.78, 5) is 0. The summed E-state index contributed by atoms with van der Waals surface area (Å²) < 4.78 is 0. The second kappa shape index (κ2) is 1.25. The van der Waals surface area contributed by atoms with Crippen molar-refractivity contribution in [3.05, 3.63) is 0 Å². The Labute approximate surface area is 45.1 Å². The highest BCUT2D eigenvalue weighted by molar-refractivity contribution is 6.17. The van der Waals surface area contributed by atoms with Gasteiger partial charge in [-0.05, 0) is 12.2 Å². The monoisotopic (exact) mass is 98.1 g/mol. The van der Waals surface area contributed by atoms with E-state index in [0.717, 1.165) is 0 Å². The first-order valence-corrected chi connectivity index (χ1v) is 2.83. The van der Waals surface area contributed by atoms with E-state index < -0.39 is 0 Å². The van der Waals surface area contributed by atoms with Crippen LogP contribution in [0.15, 0.2) is 0 Å². The highest BCUT2D eigenvalue weighted by atomic mass is 16.3. The fourth-order valence-electron chi connectivity index (χ4n) is 0.615. The molecule has 1 saturated carbocycles. The molecule has 0 bridgehead atoms. The van der Waals surface area contributed by atoms with Gasteiger partial charge >= 0.3 is 0 Å². The molecule has 2 heteroatoms. The minimum atomic E-state index is -0.0903. The molecule has 7 heavy (non-hydrogen) atoms. The third kappa shape index (κ3) is 0.803. The van der Waals surface area contributed by atoms with Crippen molar-refractivity contribution in [1.82, 2.24) is 0 Å². The second-order valence-electron chi connectivity index (χ2n) is 2.83. The van der Waals surface area contributed by atoms with Gasteiger partial charge in [-0.1, -0.05) is 12.8 Å². The minimum Gasteiger partial charge on any atom is -0.394 e. The van der Waals surface area contributed by atoms with Crippen LogP contribution in [-0.4, -0.2) is 19.1 Å². The lowest BCUT2D eigenvalue weighted by atomic mass is 9.79. The van der Waals surface area contributed by atoms with Crippen molar-refractivity contribution < 1.29 is 5.11 Å². The molecule has 1 fully saturated rings. The van der Waals surface area contributed by atoms with Crippen molar-refractivity contribution in [2.24, 2.45) is 0 Å². The van der Waals surface area contributed by atoms with Gasteiger partial charge in [-0.2, -0.15) is 0 Å². The maximum atomic E-state index is 8.95. The van der Waals surface area contributed by atoms with Gasteiger partial charge < -0.3 is 5.11 Å². The van der Waals surface area contributed by atoms with Crippen molar-refractivity contribution in [1.29, 1.82) is 0 Å². The van der Waals surface area contributed by atoms with Gasteiger partial charge in [0.1, 0.15) is 7.85 Å². The van der Waals surface area contributed by atoms with Crippen LogP contribution in [0.2, 0.25) is 5.31 Å². The Hall–Kier alpha value is 0.0249. The molecule has 0 aromatic carbocycles. The third-order valence-electron chi connectivity index (χ3n) is 2.05. The summed E-state index contributed by atoms with van der Waals surface area (Å²) in [7, 11) is 2.12. The number of hydrogen-bond donors (Lipinski definition) is 1. The Morgan fingerprint density at radius 2 is 2.14 bits per heavy atom. The molecule has 1 atom stereocenters. The first kappa shape index (κ1) is 5.17. The predicted octanol–water partition coefficient (Wildman–Crippen LogP) is -0.0472. The number of aliphatic hydroxyl groups is 1. The van der Waals surface area contributed by atoms with E-state index in [1.165, 1.54) is 12.8 Å². The first-order chi connectivity index (χ1) is 3.15. The largest absolute Gasteiger partial charge is 0.394 e. The Morgan fingerprint density at radius 3 is 2.14 bits per heavy atom. The molecule has 0 amide bonds. The molecule has 0 heterocycles. The zero-order valence-corrected chi connectivity index (χ0v) is 4.94. The fraction of sp³-hybridized carbons (Fsp3) is 1.00. The molecule has 1 rings (SSSR count). The molecule has 0 saturated heterocycles. The van der Waals surface area contributed by atoms with Gasteiger partial charge in [0.25, 0.3) is 0 Å². The summed E-state index contributed by atoms with van der Waals surface area (Å²) in [5.74, 6) is 0. The van der Waals surface area contributed by atoms with E-state index in [1.807, 2.05) is 6.92 Å². The smallest absolute Gasteiger partial charge is 0.112 e. The maximum absolute atomic E-state index is 8.95. The van der Waals surface area contributed by atoms with Gasteiger partial charge in [-0.15, -0.1) is 0 Å². The highest BCUT2D eigenvalue weighted by Gasteiger charge is 2.41. The average molecular weight is 98.0 g/mol. The standard InChI is InChI=1S/C5H11BO/c1-4(7)5(6)2-3-5/h4,7H,2-3,6H2,1H3. The molecule has 40 valence electrons. The van der Waals surface area contributed by atoms with E-state index in [-0.39, 0.29) is 6.10 Å². The van der Waals surface area contributed by atoms with E-state index in [0.29, 0.717) is 5.31 Å². The maximum Gasteiger partial charge on any atom is 0.112 e. The van der Waals surface area contributed by atoms with Crippen molar-refractivity contribution in [2.75, 3.05) is 0 Å². The van der Waals surface area contributed by atoms with Crippen LogP contribution in [0.5, 0.6) is 0 Å².